The highest BCUT2D eigenvalue weighted by Crippen LogP contribution is 2.36. The van der Waals surface area contributed by atoms with Crippen LogP contribution in [0.4, 0.5) is 5.69 Å². The molecule has 24 heavy (non-hydrogen) atoms. The van der Waals surface area contributed by atoms with Gasteiger partial charge >= 0.3 is 0 Å². The Kier molecular flexibility index (Phi) is 4.59. The number of rotatable bonds is 3. The highest BCUT2D eigenvalue weighted by atomic mass is 32.2. The Hall–Kier alpha value is -2.31. The molecule has 1 amide bonds. The third kappa shape index (κ3) is 3.16. The molecule has 0 unspecified atom stereocenters. The van der Waals surface area contributed by atoms with Crippen LogP contribution in [0.2, 0.25) is 0 Å². The molecule has 6 heteroatoms. The van der Waals surface area contributed by atoms with Crippen LogP contribution in [0.25, 0.3) is 6.08 Å². The van der Waals surface area contributed by atoms with Gasteiger partial charge in [-0.05, 0) is 47.9 Å². The molecule has 1 saturated heterocycles. The molecule has 3 rings (SSSR count). The van der Waals surface area contributed by atoms with Crippen molar-refractivity contribution in [2.75, 3.05) is 4.90 Å². The molecule has 2 aromatic carbocycles. The van der Waals surface area contributed by atoms with E-state index in [1.807, 2.05) is 24.3 Å². The summed E-state index contributed by atoms with van der Waals surface area (Å²) in [7, 11) is 0. The van der Waals surface area contributed by atoms with Crippen molar-refractivity contribution in [1.82, 2.24) is 0 Å². The number of thiocarbonyl (C=S) groups is 1. The lowest BCUT2D eigenvalue weighted by Crippen LogP contribution is -2.27. The molecular formula is C18H15NO3S2. The Bertz CT molecular complexity index is 844. The third-order valence-electron chi connectivity index (χ3n) is 3.69. The maximum atomic E-state index is 12.7. The highest BCUT2D eigenvalue weighted by molar-refractivity contribution is 8.27. The monoisotopic (exact) mass is 357 g/mol. The fraction of sp³-hybridized carbons (Fsp3) is 0.111. The molecular weight excluding hydrogens is 342 g/mol. The zero-order valence-corrected chi connectivity index (χ0v) is 14.5. The van der Waals surface area contributed by atoms with Crippen LogP contribution < -0.4 is 4.90 Å². The Balaban J connectivity index is 1.90. The number of amides is 1. The van der Waals surface area contributed by atoms with Crippen molar-refractivity contribution in [3.05, 3.63) is 58.5 Å². The van der Waals surface area contributed by atoms with E-state index in [4.69, 9.17) is 12.2 Å². The van der Waals surface area contributed by atoms with Crippen LogP contribution >= 0.6 is 24.0 Å². The summed E-state index contributed by atoms with van der Waals surface area (Å²) in [6.07, 6.45) is 2.59. The van der Waals surface area contributed by atoms with Crippen molar-refractivity contribution < 1.29 is 15.0 Å². The number of carbonyl (C=O) groups excluding carboxylic acids is 1. The third-order valence-corrected chi connectivity index (χ3v) is 5.00. The fourth-order valence-corrected chi connectivity index (χ4v) is 3.65. The summed E-state index contributed by atoms with van der Waals surface area (Å²) in [5.74, 6) is -0.619. The van der Waals surface area contributed by atoms with Crippen LogP contribution in [0.5, 0.6) is 11.5 Å². The van der Waals surface area contributed by atoms with Gasteiger partial charge in [-0.3, -0.25) is 9.69 Å². The Labute approximate surface area is 149 Å². The number of benzene rings is 2. The molecule has 0 saturated carbocycles. The molecule has 1 aliphatic rings. The average molecular weight is 357 g/mol. The first-order chi connectivity index (χ1) is 11.5. The minimum atomic E-state index is -0.227. The minimum absolute atomic E-state index is 0.193. The van der Waals surface area contributed by atoms with Crippen molar-refractivity contribution in [1.29, 1.82) is 0 Å². The van der Waals surface area contributed by atoms with E-state index in [0.29, 0.717) is 14.8 Å². The largest absolute Gasteiger partial charge is 0.504 e. The standard InChI is InChI=1S/C18H15NO3S2/c1-2-11-3-6-13(7-4-11)19-17(22)16(24-18(19)23)10-12-5-8-14(20)15(21)9-12/h3-10,20-21H,2H2,1H3. The van der Waals surface area contributed by atoms with Crippen molar-refractivity contribution >= 4 is 46.0 Å². The lowest BCUT2D eigenvalue weighted by Gasteiger charge is -2.14. The number of phenols is 2. The SMILES string of the molecule is CCc1ccc(N2C(=O)C(=Cc3ccc(O)c(O)c3)SC2=S)cc1. The van der Waals surface area contributed by atoms with Gasteiger partial charge in [-0.2, -0.15) is 0 Å². The van der Waals surface area contributed by atoms with Gasteiger partial charge in [-0.15, -0.1) is 0 Å². The zero-order chi connectivity index (χ0) is 17.3. The summed E-state index contributed by atoms with van der Waals surface area (Å²) in [6, 6.07) is 12.1. The van der Waals surface area contributed by atoms with Gasteiger partial charge in [0.25, 0.3) is 5.91 Å². The molecule has 2 aromatic rings. The Morgan fingerprint density at radius 2 is 1.83 bits per heavy atom. The van der Waals surface area contributed by atoms with E-state index >= 15 is 0 Å². The van der Waals surface area contributed by atoms with Crippen molar-refractivity contribution in [2.24, 2.45) is 0 Å². The average Bonchev–Trinajstić information content (AvgIpc) is 2.85. The van der Waals surface area contributed by atoms with Gasteiger partial charge in [0.2, 0.25) is 0 Å². The quantitative estimate of drug-likeness (QED) is 0.493. The summed E-state index contributed by atoms with van der Waals surface area (Å²) in [5, 5.41) is 18.9. The summed E-state index contributed by atoms with van der Waals surface area (Å²) < 4.78 is 0.471. The molecule has 0 radical (unpaired) electrons. The van der Waals surface area contributed by atoms with Crippen LogP contribution in [0, 0.1) is 0 Å². The van der Waals surface area contributed by atoms with E-state index in [1.54, 1.807) is 12.1 Å². The molecule has 122 valence electrons. The van der Waals surface area contributed by atoms with Gasteiger partial charge < -0.3 is 10.2 Å². The molecule has 1 fully saturated rings. The first-order valence-corrected chi connectivity index (χ1v) is 8.61. The van der Waals surface area contributed by atoms with Gasteiger partial charge in [-0.1, -0.05) is 49.1 Å². The number of nitrogens with zero attached hydrogens (tertiary/aromatic N) is 1. The van der Waals surface area contributed by atoms with Gasteiger partial charge in [0, 0.05) is 0 Å². The number of phenolic OH excluding ortho intramolecular Hbond substituents is 2. The van der Waals surface area contributed by atoms with E-state index in [2.05, 4.69) is 6.92 Å². The number of anilines is 1. The van der Waals surface area contributed by atoms with Crippen LogP contribution in [0.3, 0.4) is 0 Å². The van der Waals surface area contributed by atoms with Gasteiger partial charge in [0.05, 0.1) is 10.6 Å². The molecule has 4 nitrogen and oxygen atoms in total. The van der Waals surface area contributed by atoms with Crippen LogP contribution in [-0.2, 0) is 11.2 Å². The first-order valence-electron chi connectivity index (χ1n) is 7.38. The second kappa shape index (κ2) is 6.67. The molecule has 0 aliphatic carbocycles. The van der Waals surface area contributed by atoms with E-state index in [0.717, 1.165) is 12.1 Å². The zero-order valence-electron chi connectivity index (χ0n) is 12.9. The van der Waals surface area contributed by atoms with E-state index < -0.39 is 0 Å². The lowest BCUT2D eigenvalue weighted by atomic mass is 10.1. The van der Waals surface area contributed by atoms with E-state index in [9.17, 15) is 15.0 Å². The number of hydrogen-bond acceptors (Lipinski definition) is 5. The molecule has 2 N–H and O–H groups in total. The number of hydrogen-bond donors (Lipinski definition) is 2. The molecule has 0 atom stereocenters. The Morgan fingerprint density at radius 1 is 1.12 bits per heavy atom. The summed E-state index contributed by atoms with van der Waals surface area (Å²) >= 11 is 6.55. The second-order valence-electron chi connectivity index (χ2n) is 5.29. The number of aromatic hydroxyl groups is 2. The van der Waals surface area contributed by atoms with E-state index in [1.165, 1.54) is 34.4 Å². The maximum absolute atomic E-state index is 12.7. The van der Waals surface area contributed by atoms with Crippen LogP contribution in [0.1, 0.15) is 18.1 Å². The topological polar surface area (TPSA) is 60.8 Å². The molecule has 0 aromatic heterocycles. The number of carbonyl (C=O) groups is 1. The summed E-state index contributed by atoms with van der Waals surface area (Å²) in [4.78, 5) is 14.6. The molecule has 0 bridgehead atoms. The smallest absolute Gasteiger partial charge is 0.270 e. The molecule has 1 aliphatic heterocycles. The van der Waals surface area contributed by atoms with Crippen molar-refractivity contribution in [2.45, 2.75) is 13.3 Å². The molecule has 0 spiro atoms. The lowest BCUT2D eigenvalue weighted by molar-refractivity contribution is -0.113. The summed E-state index contributed by atoms with van der Waals surface area (Å²) in [5.41, 5.74) is 2.55. The minimum Gasteiger partial charge on any atom is -0.504 e. The van der Waals surface area contributed by atoms with Crippen LogP contribution in [0.15, 0.2) is 47.4 Å². The maximum Gasteiger partial charge on any atom is 0.270 e. The summed E-state index contributed by atoms with van der Waals surface area (Å²) in [6.45, 7) is 2.07. The van der Waals surface area contributed by atoms with Gasteiger partial charge in [0.1, 0.15) is 0 Å². The van der Waals surface area contributed by atoms with Crippen molar-refractivity contribution in [3.8, 4) is 11.5 Å². The van der Waals surface area contributed by atoms with Gasteiger partial charge in [0.15, 0.2) is 15.8 Å². The highest BCUT2D eigenvalue weighted by Gasteiger charge is 2.33. The Morgan fingerprint density at radius 3 is 2.46 bits per heavy atom. The van der Waals surface area contributed by atoms with Crippen LogP contribution in [-0.4, -0.2) is 20.4 Å². The fourth-order valence-electron chi connectivity index (χ4n) is 2.35. The number of aryl methyl sites for hydroxylation is 1. The first kappa shape index (κ1) is 16.5. The van der Waals surface area contributed by atoms with E-state index in [-0.39, 0.29) is 17.4 Å². The predicted octanol–water partition coefficient (Wildman–Crippen LogP) is 4.07. The normalized spacial score (nSPS) is 16.2. The second-order valence-corrected chi connectivity index (χ2v) is 6.96. The van der Waals surface area contributed by atoms with Gasteiger partial charge in [-0.25, -0.2) is 0 Å². The predicted molar refractivity (Wildman–Crippen MR) is 101 cm³/mol. The van der Waals surface area contributed by atoms with Crippen molar-refractivity contribution in [3.63, 3.8) is 0 Å². The molecule has 1 heterocycles. The number of thioether (sulfide) groups is 1.